The highest BCUT2D eigenvalue weighted by molar-refractivity contribution is 7.89. The van der Waals surface area contributed by atoms with Crippen LogP contribution in [0.25, 0.3) is 0 Å². The highest BCUT2D eigenvalue weighted by atomic mass is 32.2. The fraction of sp³-hybridized carbons (Fsp3) is 0.333. The first kappa shape index (κ1) is 8.92. The van der Waals surface area contributed by atoms with Crippen LogP contribution in [0.4, 0.5) is 0 Å². The summed E-state index contributed by atoms with van der Waals surface area (Å²) in [5, 5.41) is 0. The van der Waals surface area contributed by atoms with Crippen molar-refractivity contribution in [3.05, 3.63) is 28.4 Å². The SMILES string of the molecule is Cc1cnc(=O)n(S(C)(=O)=O)c1. The Morgan fingerprint density at radius 3 is 2.50 bits per heavy atom. The van der Waals surface area contributed by atoms with Gasteiger partial charge in [0.2, 0.25) is 10.0 Å². The van der Waals surface area contributed by atoms with E-state index in [9.17, 15) is 13.2 Å². The normalized spacial score (nSPS) is 11.5. The molecule has 0 radical (unpaired) electrons. The van der Waals surface area contributed by atoms with Gasteiger partial charge in [-0.1, -0.05) is 0 Å². The summed E-state index contributed by atoms with van der Waals surface area (Å²) in [5.41, 5.74) is -0.150. The Kier molecular flexibility index (Phi) is 2.01. The van der Waals surface area contributed by atoms with E-state index in [1.165, 1.54) is 12.4 Å². The average Bonchev–Trinajstić information content (AvgIpc) is 1.92. The van der Waals surface area contributed by atoms with E-state index < -0.39 is 15.7 Å². The van der Waals surface area contributed by atoms with E-state index in [1.54, 1.807) is 6.92 Å². The lowest BCUT2D eigenvalue weighted by atomic mass is 10.4. The maximum absolute atomic E-state index is 10.9. The average molecular weight is 188 g/mol. The van der Waals surface area contributed by atoms with Gasteiger partial charge in [0.05, 0.1) is 6.26 Å². The van der Waals surface area contributed by atoms with E-state index in [0.717, 1.165) is 6.26 Å². The van der Waals surface area contributed by atoms with Gasteiger partial charge < -0.3 is 0 Å². The minimum Gasteiger partial charge on any atom is -0.245 e. The fourth-order valence-electron chi connectivity index (χ4n) is 0.725. The maximum atomic E-state index is 10.9. The molecule has 0 saturated carbocycles. The molecule has 0 fully saturated rings. The van der Waals surface area contributed by atoms with Crippen molar-refractivity contribution < 1.29 is 8.42 Å². The molecule has 66 valence electrons. The Morgan fingerprint density at radius 2 is 2.08 bits per heavy atom. The quantitative estimate of drug-likeness (QED) is 0.587. The molecule has 0 atom stereocenters. The first-order valence-corrected chi connectivity index (χ1v) is 5.02. The molecule has 0 aromatic carbocycles. The molecular formula is C6H8N2O3S. The van der Waals surface area contributed by atoms with Crippen molar-refractivity contribution in [2.75, 3.05) is 6.26 Å². The monoisotopic (exact) mass is 188 g/mol. The smallest absolute Gasteiger partial charge is 0.245 e. The van der Waals surface area contributed by atoms with Crippen LogP contribution >= 0.6 is 0 Å². The standard InChI is InChI=1S/C6H8N2O3S/c1-5-3-7-6(9)8(4-5)12(2,10)11/h3-4H,1-2H3. The Balaban J connectivity index is 3.55. The third-order valence-corrected chi connectivity index (χ3v) is 2.22. The van der Waals surface area contributed by atoms with E-state index in [0.29, 0.717) is 9.54 Å². The lowest BCUT2D eigenvalue weighted by Gasteiger charge is -2.00. The van der Waals surface area contributed by atoms with Crippen LogP contribution in [0.15, 0.2) is 17.2 Å². The van der Waals surface area contributed by atoms with E-state index in [-0.39, 0.29) is 0 Å². The summed E-state index contributed by atoms with van der Waals surface area (Å²) >= 11 is 0. The molecule has 0 aliphatic carbocycles. The first-order valence-electron chi connectivity index (χ1n) is 3.17. The minimum atomic E-state index is -3.51. The van der Waals surface area contributed by atoms with Crippen LogP contribution in [0, 0.1) is 6.92 Å². The molecule has 0 aliphatic heterocycles. The van der Waals surface area contributed by atoms with Crippen LogP contribution in [0.3, 0.4) is 0 Å². The number of hydrogen-bond donors (Lipinski definition) is 0. The van der Waals surface area contributed by atoms with E-state index in [4.69, 9.17) is 0 Å². The number of aryl methyl sites for hydroxylation is 1. The summed E-state index contributed by atoms with van der Waals surface area (Å²) in [6.07, 6.45) is 3.52. The van der Waals surface area contributed by atoms with Crippen molar-refractivity contribution in [3.63, 3.8) is 0 Å². The molecule has 6 heteroatoms. The van der Waals surface area contributed by atoms with Crippen LogP contribution in [-0.4, -0.2) is 23.6 Å². The number of hydrogen-bond acceptors (Lipinski definition) is 4. The fourth-order valence-corrected chi connectivity index (χ4v) is 1.41. The molecule has 0 aliphatic rings. The van der Waals surface area contributed by atoms with Gasteiger partial charge in [0.25, 0.3) is 0 Å². The zero-order valence-electron chi connectivity index (χ0n) is 6.68. The summed E-state index contributed by atoms with van der Waals surface area (Å²) in [5.74, 6) is 0. The summed E-state index contributed by atoms with van der Waals surface area (Å²) in [4.78, 5) is 14.3. The molecule has 12 heavy (non-hydrogen) atoms. The summed E-state index contributed by atoms with van der Waals surface area (Å²) < 4.78 is 22.5. The Bertz CT molecular complexity index is 446. The van der Waals surface area contributed by atoms with Crippen LogP contribution < -0.4 is 5.69 Å². The Hall–Kier alpha value is -1.17. The molecule has 1 aromatic rings. The van der Waals surface area contributed by atoms with Gasteiger partial charge in [-0.05, 0) is 12.5 Å². The predicted octanol–water partition coefficient (Wildman–Crippen LogP) is -0.641. The van der Waals surface area contributed by atoms with Gasteiger partial charge in [0, 0.05) is 12.4 Å². The molecule has 1 rings (SSSR count). The highest BCUT2D eigenvalue weighted by Crippen LogP contribution is 1.92. The molecule has 5 nitrogen and oxygen atoms in total. The van der Waals surface area contributed by atoms with Crippen molar-refractivity contribution in [2.24, 2.45) is 0 Å². The van der Waals surface area contributed by atoms with Gasteiger partial charge in [-0.25, -0.2) is 18.2 Å². The zero-order chi connectivity index (χ0) is 9.35. The highest BCUT2D eigenvalue weighted by Gasteiger charge is 2.07. The Morgan fingerprint density at radius 1 is 1.50 bits per heavy atom. The Labute approximate surface area is 69.7 Å². The number of aromatic nitrogens is 2. The van der Waals surface area contributed by atoms with Crippen LogP contribution in [0.5, 0.6) is 0 Å². The molecule has 1 heterocycles. The van der Waals surface area contributed by atoms with Crippen LogP contribution in [0.2, 0.25) is 0 Å². The third-order valence-electron chi connectivity index (χ3n) is 1.25. The topological polar surface area (TPSA) is 69.0 Å². The minimum absolute atomic E-state index is 0.613. The molecule has 0 unspecified atom stereocenters. The predicted molar refractivity (Wildman–Crippen MR) is 43.5 cm³/mol. The lowest BCUT2D eigenvalue weighted by molar-refractivity contribution is 0.589. The van der Waals surface area contributed by atoms with Crippen molar-refractivity contribution in [3.8, 4) is 0 Å². The largest absolute Gasteiger partial charge is 0.361 e. The summed E-state index contributed by atoms with van der Waals surface area (Å²) in [6.45, 7) is 1.66. The van der Waals surface area contributed by atoms with Crippen LogP contribution in [-0.2, 0) is 10.0 Å². The zero-order valence-corrected chi connectivity index (χ0v) is 7.50. The third kappa shape index (κ3) is 1.70. The second-order valence-electron chi connectivity index (χ2n) is 2.47. The van der Waals surface area contributed by atoms with Crippen molar-refractivity contribution in [1.82, 2.24) is 8.96 Å². The second-order valence-corrected chi connectivity index (χ2v) is 4.33. The molecule has 0 amide bonds. The van der Waals surface area contributed by atoms with Gasteiger partial charge in [-0.3, -0.25) is 0 Å². The molecule has 0 spiro atoms. The van der Waals surface area contributed by atoms with E-state index in [2.05, 4.69) is 4.98 Å². The van der Waals surface area contributed by atoms with Crippen LogP contribution in [0.1, 0.15) is 5.56 Å². The van der Waals surface area contributed by atoms with E-state index in [1.807, 2.05) is 0 Å². The van der Waals surface area contributed by atoms with Gasteiger partial charge in [0.1, 0.15) is 0 Å². The molecule has 0 saturated heterocycles. The molecular weight excluding hydrogens is 180 g/mol. The van der Waals surface area contributed by atoms with Crippen molar-refractivity contribution in [1.29, 1.82) is 0 Å². The van der Waals surface area contributed by atoms with Crippen molar-refractivity contribution in [2.45, 2.75) is 6.92 Å². The van der Waals surface area contributed by atoms with Gasteiger partial charge in [-0.15, -0.1) is 0 Å². The lowest BCUT2D eigenvalue weighted by Crippen LogP contribution is -2.27. The number of nitrogens with zero attached hydrogens (tertiary/aromatic N) is 2. The number of rotatable bonds is 1. The van der Waals surface area contributed by atoms with Gasteiger partial charge in [0.15, 0.2) is 0 Å². The molecule has 0 N–H and O–H groups in total. The molecule has 0 bridgehead atoms. The second kappa shape index (κ2) is 2.71. The van der Waals surface area contributed by atoms with Gasteiger partial charge in [-0.2, -0.15) is 3.97 Å². The van der Waals surface area contributed by atoms with Gasteiger partial charge >= 0.3 is 5.69 Å². The van der Waals surface area contributed by atoms with E-state index >= 15 is 0 Å². The molecule has 1 aromatic heterocycles. The summed E-state index contributed by atoms with van der Waals surface area (Å²) in [7, 11) is -3.51. The maximum Gasteiger partial charge on any atom is 0.361 e. The van der Waals surface area contributed by atoms with Crippen molar-refractivity contribution >= 4 is 10.0 Å². The first-order chi connectivity index (χ1) is 5.41. The summed E-state index contributed by atoms with van der Waals surface area (Å²) in [6, 6.07) is 0.